The van der Waals surface area contributed by atoms with Crippen LogP contribution in [-0.4, -0.2) is 53.4 Å². The van der Waals surface area contributed by atoms with Crippen LogP contribution >= 0.6 is 0 Å². The molecule has 1 saturated heterocycles. The van der Waals surface area contributed by atoms with E-state index in [4.69, 9.17) is 4.74 Å². The summed E-state index contributed by atoms with van der Waals surface area (Å²) in [6.45, 7) is 1.34. The van der Waals surface area contributed by atoms with Gasteiger partial charge in [-0.15, -0.1) is 0 Å². The number of anilines is 2. The zero-order chi connectivity index (χ0) is 19.9. The van der Waals surface area contributed by atoms with Crippen molar-refractivity contribution < 1.29 is 13.2 Å². The van der Waals surface area contributed by atoms with E-state index in [0.29, 0.717) is 42.9 Å². The van der Waals surface area contributed by atoms with E-state index < -0.39 is 15.3 Å². The van der Waals surface area contributed by atoms with Gasteiger partial charge in [-0.2, -0.15) is 10.2 Å². The number of hydrogen-bond donors (Lipinski definition) is 1. The van der Waals surface area contributed by atoms with Gasteiger partial charge in [-0.1, -0.05) is 0 Å². The van der Waals surface area contributed by atoms with Gasteiger partial charge >= 0.3 is 0 Å². The molecule has 9 nitrogen and oxygen atoms in total. The molecule has 0 radical (unpaired) electrons. The second-order valence-electron chi connectivity index (χ2n) is 7.05. The van der Waals surface area contributed by atoms with Crippen molar-refractivity contribution in [2.24, 2.45) is 14.1 Å². The summed E-state index contributed by atoms with van der Waals surface area (Å²) in [7, 11) is 1.61. The van der Waals surface area contributed by atoms with Gasteiger partial charge in [-0.05, 0) is 25.0 Å². The molecule has 10 heteroatoms. The minimum Gasteiger partial charge on any atom is -0.494 e. The van der Waals surface area contributed by atoms with Crippen molar-refractivity contribution in [3.63, 3.8) is 0 Å². The zero-order valence-corrected chi connectivity index (χ0v) is 17.0. The maximum absolute atomic E-state index is 13.1. The SMILES string of the molecule is COc1ccc2cnn(C)c2c1NS(=O)(=O)C1CCN(c2cnn(C)c2)CC1. The lowest BCUT2D eigenvalue weighted by molar-refractivity contribution is 0.417. The van der Waals surface area contributed by atoms with Crippen LogP contribution < -0.4 is 14.4 Å². The molecule has 0 unspecified atom stereocenters. The first-order valence-corrected chi connectivity index (χ1v) is 10.7. The average molecular weight is 404 g/mol. The first kappa shape index (κ1) is 18.6. The number of aryl methyl sites for hydroxylation is 2. The Hall–Kier alpha value is -2.75. The Bertz CT molecular complexity index is 1100. The number of piperidine rings is 1. The molecule has 28 heavy (non-hydrogen) atoms. The average Bonchev–Trinajstić information content (AvgIpc) is 3.28. The van der Waals surface area contributed by atoms with Crippen molar-refractivity contribution in [2.45, 2.75) is 18.1 Å². The molecule has 0 spiro atoms. The first-order valence-electron chi connectivity index (χ1n) is 9.13. The molecule has 0 bridgehead atoms. The Balaban J connectivity index is 1.56. The van der Waals surface area contributed by atoms with Crippen LogP contribution in [0.5, 0.6) is 5.75 Å². The highest BCUT2D eigenvalue weighted by atomic mass is 32.2. The second kappa shape index (κ2) is 7.01. The fraction of sp³-hybridized carbons (Fsp3) is 0.444. The number of fused-ring (bicyclic) bond motifs is 1. The largest absolute Gasteiger partial charge is 0.494 e. The molecule has 0 saturated carbocycles. The van der Waals surface area contributed by atoms with Crippen molar-refractivity contribution in [3.8, 4) is 5.75 Å². The highest BCUT2D eigenvalue weighted by Crippen LogP contribution is 2.35. The third kappa shape index (κ3) is 3.28. The highest BCUT2D eigenvalue weighted by molar-refractivity contribution is 7.93. The van der Waals surface area contributed by atoms with Crippen molar-refractivity contribution in [1.82, 2.24) is 19.6 Å². The summed E-state index contributed by atoms with van der Waals surface area (Å²) in [5.41, 5.74) is 2.16. The molecule has 0 amide bonds. The normalized spacial score (nSPS) is 15.9. The Kier molecular flexibility index (Phi) is 4.66. The molecule has 1 aliphatic heterocycles. The van der Waals surface area contributed by atoms with Crippen molar-refractivity contribution in [1.29, 1.82) is 0 Å². The van der Waals surface area contributed by atoms with E-state index in [1.165, 1.54) is 7.11 Å². The first-order chi connectivity index (χ1) is 13.4. The van der Waals surface area contributed by atoms with Crippen LogP contribution in [0.15, 0.2) is 30.7 Å². The molecule has 3 aromatic rings. The highest BCUT2D eigenvalue weighted by Gasteiger charge is 2.32. The fourth-order valence-electron chi connectivity index (χ4n) is 3.74. The maximum atomic E-state index is 13.1. The zero-order valence-electron chi connectivity index (χ0n) is 16.2. The van der Waals surface area contributed by atoms with E-state index in [0.717, 1.165) is 11.1 Å². The third-order valence-corrected chi connectivity index (χ3v) is 7.10. The van der Waals surface area contributed by atoms with Crippen molar-refractivity contribution in [2.75, 3.05) is 29.8 Å². The predicted octanol–water partition coefficient (Wildman–Crippen LogP) is 1.73. The van der Waals surface area contributed by atoms with Gasteiger partial charge in [0.1, 0.15) is 11.4 Å². The molecule has 2 aromatic heterocycles. The minimum absolute atomic E-state index is 0.440. The summed E-state index contributed by atoms with van der Waals surface area (Å²) in [5, 5.41) is 8.81. The van der Waals surface area contributed by atoms with Gasteiger partial charge in [0.05, 0.1) is 36.0 Å². The quantitative estimate of drug-likeness (QED) is 0.696. The van der Waals surface area contributed by atoms with Gasteiger partial charge in [-0.25, -0.2) is 8.42 Å². The van der Waals surface area contributed by atoms with E-state index in [1.807, 2.05) is 19.3 Å². The van der Waals surface area contributed by atoms with Crippen molar-refractivity contribution in [3.05, 3.63) is 30.7 Å². The molecule has 1 aromatic carbocycles. The summed E-state index contributed by atoms with van der Waals surface area (Å²) in [6, 6.07) is 3.62. The molecule has 3 heterocycles. The van der Waals surface area contributed by atoms with Crippen LogP contribution in [0.25, 0.3) is 10.9 Å². The van der Waals surface area contributed by atoms with Gasteiger partial charge in [0.15, 0.2) is 0 Å². The van der Waals surface area contributed by atoms with Crippen LogP contribution in [0.1, 0.15) is 12.8 Å². The number of nitrogens with zero attached hydrogens (tertiary/aromatic N) is 5. The van der Waals surface area contributed by atoms with E-state index in [2.05, 4.69) is 19.8 Å². The molecular formula is C18H24N6O3S. The molecule has 0 atom stereocenters. The lowest BCUT2D eigenvalue weighted by Crippen LogP contribution is -2.41. The molecule has 1 N–H and O–H groups in total. The number of ether oxygens (including phenoxy) is 1. The topological polar surface area (TPSA) is 94.3 Å². The van der Waals surface area contributed by atoms with Crippen LogP contribution in [0.2, 0.25) is 0 Å². The van der Waals surface area contributed by atoms with E-state index in [9.17, 15) is 8.42 Å². The number of benzene rings is 1. The molecule has 4 rings (SSSR count). The number of sulfonamides is 1. The number of nitrogens with one attached hydrogen (secondary N) is 1. The van der Waals surface area contributed by atoms with Crippen LogP contribution in [0, 0.1) is 0 Å². The lowest BCUT2D eigenvalue weighted by atomic mass is 10.1. The van der Waals surface area contributed by atoms with Gasteiger partial charge in [-0.3, -0.25) is 14.1 Å². The molecule has 1 fully saturated rings. The van der Waals surface area contributed by atoms with E-state index >= 15 is 0 Å². The molecule has 0 aliphatic carbocycles. The number of hydrogen-bond acceptors (Lipinski definition) is 6. The number of rotatable bonds is 5. The summed E-state index contributed by atoms with van der Waals surface area (Å²) < 4.78 is 37.8. The van der Waals surface area contributed by atoms with Gasteiger partial charge < -0.3 is 9.64 Å². The summed E-state index contributed by atoms with van der Waals surface area (Å²) in [5.74, 6) is 0.479. The van der Waals surface area contributed by atoms with Gasteiger partial charge in [0.2, 0.25) is 10.0 Å². The smallest absolute Gasteiger partial charge is 0.235 e. The Morgan fingerprint density at radius 2 is 1.89 bits per heavy atom. The maximum Gasteiger partial charge on any atom is 0.235 e. The lowest BCUT2D eigenvalue weighted by Gasteiger charge is -2.32. The van der Waals surface area contributed by atoms with E-state index in [-0.39, 0.29) is 0 Å². The van der Waals surface area contributed by atoms with Crippen molar-refractivity contribution >= 4 is 32.3 Å². The Morgan fingerprint density at radius 3 is 2.54 bits per heavy atom. The monoisotopic (exact) mass is 404 g/mol. The molecular weight excluding hydrogens is 380 g/mol. The third-order valence-electron chi connectivity index (χ3n) is 5.27. The number of methoxy groups -OCH3 is 1. The van der Waals surface area contributed by atoms with Crippen LogP contribution in [0.4, 0.5) is 11.4 Å². The van der Waals surface area contributed by atoms with Crippen LogP contribution in [-0.2, 0) is 24.1 Å². The minimum atomic E-state index is -3.57. The Morgan fingerprint density at radius 1 is 1.14 bits per heavy atom. The van der Waals surface area contributed by atoms with E-state index in [1.54, 1.807) is 34.9 Å². The summed E-state index contributed by atoms with van der Waals surface area (Å²) >= 11 is 0. The second-order valence-corrected chi connectivity index (χ2v) is 9.02. The Labute approximate surface area is 163 Å². The predicted molar refractivity (Wildman–Crippen MR) is 108 cm³/mol. The summed E-state index contributed by atoms with van der Waals surface area (Å²) in [6.07, 6.45) is 6.56. The molecule has 150 valence electrons. The van der Waals surface area contributed by atoms with Gasteiger partial charge in [0.25, 0.3) is 0 Å². The van der Waals surface area contributed by atoms with Crippen LogP contribution in [0.3, 0.4) is 0 Å². The number of aromatic nitrogens is 4. The summed E-state index contributed by atoms with van der Waals surface area (Å²) in [4.78, 5) is 2.17. The molecule has 1 aliphatic rings. The van der Waals surface area contributed by atoms with Gasteiger partial charge in [0, 0.05) is 38.8 Å². The fourth-order valence-corrected chi connectivity index (χ4v) is 5.22. The standard InChI is InChI=1S/C18H24N6O3S/c1-22-12-14(11-19-22)24-8-6-15(7-9-24)28(25,26)21-17-16(27-3)5-4-13-10-20-23(2)18(13)17/h4-5,10-12,15,21H,6-9H2,1-3H3.